The highest BCUT2D eigenvalue weighted by Crippen LogP contribution is 2.51. The Kier molecular flexibility index (Phi) is 4.61. The van der Waals surface area contributed by atoms with Crippen molar-refractivity contribution in [1.82, 2.24) is 15.3 Å². The van der Waals surface area contributed by atoms with Crippen LogP contribution in [0.3, 0.4) is 0 Å². The number of H-pyrrole nitrogens is 1. The van der Waals surface area contributed by atoms with Gasteiger partial charge < -0.3 is 10.3 Å². The highest BCUT2D eigenvalue weighted by molar-refractivity contribution is 6.30. The van der Waals surface area contributed by atoms with Crippen molar-refractivity contribution in [3.63, 3.8) is 0 Å². The van der Waals surface area contributed by atoms with Crippen molar-refractivity contribution in [2.75, 3.05) is 6.54 Å². The van der Waals surface area contributed by atoms with Crippen LogP contribution in [0.1, 0.15) is 36.9 Å². The molecule has 0 radical (unpaired) electrons. The van der Waals surface area contributed by atoms with E-state index in [2.05, 4.69) is 34.3 Å². The smallest absolute Gasteiger partial charge is 0.0921 e. The maximum absolute atomic E-state index is 5.90. The van der Waals surface area contributed by atoms with E-state index in [1.54, 1.807) is 6.33 Å². The molecule has 3 nitrogen and oxygen atoms in total. The Balaban J connectivity index is 1.46. The van der Waals surface area contributed by atoms with Gasteiger partial charge in [-0.3, -0.25) is 0 Å². The van der Waals surface area contributed by atoms with Gasteiger partial charge in [0, 0.05) is 29.4 Å². The number of hydrogen-bond acceptors (Lipinski definition) is 2. The fourth-order valence-electron chi connectivity index (χ4n) is 3.17. The lowest BCUT2D eigenvalue weighted by Crippen LogP contribution is -2.23. The molecule has 1 aliphatic rings. The molecular formula is C17H22ClN3. The molecule has 3 atom stereocenters. The van der Waals surface area contributed by atoms with E-state index in [1.165, 1.54) is 24.1 Å². The van der Waals surface area contributed by atoms with Crippen molar-refractivity contribution < 1.29 is 0 Å². The Bertz CT molecular complexity index is 550. The van der Waals surface area contributed by atoms with Gasteiger partial charge in [-0.05, 0) is 42.5 Å². The number of halogens is 1. The first kappa shape index (κ1) is 14.6. The van der Waals surface area contributed by atoms with Crippen molar-refractivity contribution >= 4 is 11.6 Å². The molecule has 2 aromatic rings. The second-order valence-electron chi connectivity index (χ2n) is 5.94. The summed E-state index contributed by atoms with van der Waals surface area (Å²) < 4.78 is 0. The third-order valence-corrected chi connectivity index (χ3v) is 4.79. The summed E-state index contributed by atoms with van der Waals surface area (Å²) in [4.78, 5) is 7.38. The van der Waals surface area contributed by atoms with Crippen molar-refractivity contribution in [3.05, 3.63) is 53.1 Å². The molecular weight excluding hydrogens is 282 g/mol. The first-order valence-electron chi connectivity index (χ1n) is 7.71. The van der Waals surface area contributed by atoms with E-state index in [1.807, 2.05) is 18.3 Å². The largest absolute Gasteiger partial charge is 0.348 e. The van der Waals surface area contributed by atoms with Crippen LogP contribution in [0.5, 0.6) is 0 Å². The molecule has 1 aromatic carbocycles. The van der Waals surface area contributed by atoms with E-state index >= 15 is 0 Å². The Hall–Kier alpha value is -1.32. The fraction of sp³-hybridized carbons (Fsp3) is 0.471. The summed E-state index contributed by atoms with van der Waals surface area (Å²) in [6, 6.07) is 8.07. The second kappa shape index (κ2) is 6.63. The van der Waals surface area contributed by atoms with E-state index in [-0.39, 0.29) is 0 Å². The number of hydrogen-bond donors (Lipinski definition) is 2. The van der Waals surface area contributed by atoms with Gasteiger partial charge in [0.25, 0.3) is 0 Å². The lowest BCUT2D eigenvalue weighted by molar-refractivity contribution is 0.405. The van der Waals surface area contributed by atoms with Crippen molar-refractivity contribution in [2.24, 2.45) is 11.8 Å². The van der Waals surface area contributed by atoms with Crippen LogP contribution in [-0.4, -0.2) is 16.5 Å². The Morgan fingerprint density at radius 2 is 2.19 bits per heavy atom. The summed E-state index contributed by atoms with van der Waals surface area (Å²) in [5.74, 6) is 2.23. The van der Waals surface area contributed by atoms with Gasteiger partial charge in [0.1, 0.15) is 0 Å². The third kappa shape index (κ3) is 3.66. The van der Waals surface area contributed by atoms with Gasteiger partial charge in [0.2, 0.25) is 0 Å². The second-order valence-corrected chi connectivity index (χ2v) is 6.38. The third-order valence-electron chi connectivity index (χ3n) is 4.54. The quantitative estimate of drug-likeness (QED) is 0.812. The number of benzene rings is 1. The summed E-state index contributed by atoms with van der Waals surface area (Å²) in [5, 5.41) is 4.39. The number of aromatic nitrogens is 2. The number of rotatable bonds is 7. The Morgan fingerprint density at radius 1 is 1.38 bits per heavy atom. The molecule has 112 valence electrons. The van der Waals surface area contributed by atoms with Crippen LogP contribution in [0.2, 0.25) is 5.02 Å². The zero-order chi connectivity index (χ0) is 14.7. The SMILES string of the molecule is CC[C@H](CNCc1ccc(Cl)cc1)[C@H]1C[C@@H]1c1cnc[nH]1. The number of aromatic amines is 1. The van der Waals surface area contributed by atoms with Crippen LogP contribution in [0.4, 0.5) is 0 Å². The lowest BCUT2D eigenvalue weighted by atomic mass is 9.98. The van der Waals surface area contributed by atoms with Gasteiger partial charge in [-0.15, -0.1) is 0 Å². The molecule has 4 heteroatoms. The van der Waals surface area contributed by atoms with E-state index < -0.39 is 0 Å². The molecule has 0 saturated heterocycles. The Labute approximate surface area is 131 Å². The van der Waals surface area contributed by atoms with E-state index in [0.717, 1.165) is 29.9 Å². The summed E-state index contributed by atoms with van der Waals surface area (Å²) in [6.07, 6.45) is 6.27. The Morgan fingerprint density at radius 3 is 2.86 bits per heavy atom. The van der Waals surface area contributed by atoms with Gasteiger partial charge >= 0.3 is 0 Å². The molecule has 0 aliphatic heterocycles. The predicted molar refractivity (Wildman–Crippen MR) is 86.4 cm³/mol. The molecule has 1 saturated carbocycles. The molecule has 1 heterocycles. The normalized spacial score (nSPS) is 22.2. The average molecular weight is 304 g/mol. The minimum atomic E-state index is 0.690. The van der Waals surface area contributed by atoms with Crippen LogP contribution < -0.4 is 5.32 Å². The van der Waals surface area contributed by atoms with E-state index in [4.69, 9.17) is 11.6 Å². The molecule has 0 spiro atoms. The zero-order valence-corrected chi connectivity index (χ0v) is 13.1. The molecule has 0 amide bonds. The molecule has 1 aromatic heterocycles. The van der Waals surface area contributed by atoms with Gasteiger partial charge in [0.05, 0.1) is 6.33 Å². The van der Waals surface area contributed by atoms with Gasteiger partial charge in [0.15, 0.2) is 0 Å². The van der Waals surface area contributed by atoms with Crippen LogP contribution in [0.15, 0.2) is 36.8 Å². The standard InChI is InChI=1S/C17H22ClN3/c1-2-13(15-7-16(15)17-10-20-11-21-17)9-19-8-12-3-5-14(18)6-4-12/h3-6,10-11,13,15-16,19H,2,7-9H2,1H3,(H,20,21)/t13-,15-,16+/m1/s1. The minimum absolute atomic E-state index is 0.690. The number of nitrogens with one attached hydrogen (secondary N) is 2. The summed E-state index contributed by atoms with van der Waals surface area (Å²) in [7, 11) is 0. The molecule has 3 rings (SSSR count). The lowest BCUT2D eigenvalue weighted by Gasteiger charge is -2.15. The van der Waals surface area contributed by atoms with Crippen molar-refractivity contribution in [3.8, 4) is 0 Å². The maximum Gasteiger partial charge on any atom is 0.0921 e. The maximum atomic E-state index is 5.90. The monoisotopic (exact) mass is 303 g/mol. The van der Waals surface area contributed by atoms with Crippen molar-refractivity contribution in [1.29, 1.82) is 0 Å². The minimum Gasteiger partial charge on any atom is -0.348 e. The first-order valence-corrected chi connectivity index (χ1v) is 8.09. The highest BCUT2D eigenvalue weighted by atomic mass is 35.5. The van der Waals surface area contributed by atoms with E-state index in [0.29, 0.717) is 5.92 Å². The molecule has 2 N–H and O–H groups in total. The molecule has 21 heavy (non-hydrogen) atoms. The van der Waals surface area contributed by atoms with Gasteiger partial charge in [-0.1, -0.05) is 37.1 Å². The number of imidazole rings is 1. The molecule has 1 aliphatic carbocycles. The molecule has 1 fully saturated rings. The summed E-state index contributed by atoms with van der Waals surface area (Å²) >= 11 is 5.90. The average Bonchev–Trinajstić information content (AvgIpc) is 3.09. The van der Waals surface area contributed by atoms with Crippen LogP contribution in [-0.2, 0) is 6.54 Å². The first-order chi connectivity index (χ1) is 10.3. The van der Waals surface area contributed by atoms with Crippen LogP contribution in [0, 0.1) is 11.8 Å². The zero-order valence-electron chi connectivity index (χ0n) is 12.3. The van der Waals surface area contributed by atoms with Gasteiger partial charge in [-0.2, -0.15) is 0 Å². The van der Waals surface area contributed by atoms with Crippen LogP contribution in [0.25, 0.3) is 0 Å². The highest BCUT2D eigenvalue weighted by Gasteiger charge is 2.43. The summed E-state index contributed by atoms with van der Waals surface area (Å²) in [6.45, 7) is 4.28. The predicted octanol–water partition coefficient (Wildman–Crippen LogP) is 3.98. The van der Waals surface area contributed by atoms with Gasteiger partial charge in [-0.25, -0.2) is 4.98 Å². The van der Waals surface area contributed by atoms with Crippen LogP contribution >= 0.6 is 11.6 Å². The van der Waals surface area contributed by atoms with Crippen molar-refractivity contribution in [2.45, 2.75) is 32.2 Å². The summed E-state index contributed by atoms with van der Waals surface area (Å²) in [5.41, 5.74) is 2.59. The molecule has 0 bridgehead atoms. The molecule has 0 unspecified atom stereocenters. The topological polar surface area (TPSA) is 40.7 Å². The van der Waals surface area contributed by atoms with E-state index in [9.17, 15) is 0 Å². The fourth-order valence-corrected chi connectivity index (χ4v) is 3.29. The number of nitrogens with zero attached hydrogens (tertiary/aromatic N) is 1.